The summed E-state index contributed by atoms with van der Waals surface area (Å²) < 4.78 is 9.45. The maximum Gasteiger partial charge on any atom is 0.306 e. The third-order valence-corrected chi connectivity index (χ3v) is 2.08. The fourth-order valence-corrected chi connectivity index (χ4v) is 1.20. The van der Waals surface area contributed by atoms with E-state index in [1.807, 2.05) is 0 Å². The molecule has 0 bridgehead atoms. The van der Waals surface area contributed by atoms with Gasteiger partial charge in [-0.1, -0.05) is 0 Å². The summed E-state index contributed by atoms with van der Waals surface area (Å²) in [5, 5.41) is 2.87. The van der Waals surface area contributed by atoms with Gasteiger partial charge >= 0.3 is 5.97 Å². The molecule has 88 valence electrons. The summed E-state index contributed by atoms with van der Waals surface area (Å²) >= 11 is 5.56. The Kier molecular flexibility index (Phi) is 4.85. The van der Waals surface area contributed by atoms with Crippen LogP contribution >= 0.6 is 11.6 Å². The van der Waals surface area contributed by atoms with Gasteiger partial charge in [-0.05, 0) is 23.7 Å². The van der Waals surface area contributed by atoms with E-state index in [9.17, 15) is 9.59 Å². The molecule has 0 saturated carbocycles. The summed E-state index contributed by atoms with van der Waals surface area (Å²) in [6, 6.07) is 3.26. The molecule has 1 aromatic heterocycles. The number of amides is 1. The van der Waals surface area contributed by atoms with Crippen LogP contribution in [0.4, 0.5) is 0 Å². The van der Waals surface area contributed by atoms with E-state index in [1.54, 1.807) is 12.1 Å². The lowest BCUT2D eigenvalue weighted by Crippen LogP contribution is -2.23. The van der Waals surface area contributed by atoms with Crippen LogP contribution in [0, 0.1) is 0 Å². The molecule has 0 aromatic carbocycles. The van der Waals surface area contributed by atoms with E-state index in [-0.39, 0.29) is 30.5 Å². The van der Waals surface area contributed by atoms with Crippen molar-refractivity contribution in [3.8, 4) is 0 Å². The van der Waals surface area contributed by atoms with E-state index < -0.39 is 5.97 Å². The van der Waals surface area contributed by atoms with Crippen LogP contribution in [0.3, 0.4) is 0 Å². The van der Waals surface area contributed by atoms with Crippen molar-refractivity contribution < 1.29 is 18.7 Å². The van der Waals surface area contributed by atoms with Gasteiger partial charge in [-0.25, -0.2) is 0 Å². The normalized spacial score (nSPS) is 9.88. The molecule has 0 spiro atoms. The Morgan fingerprint density at radius 3 is 2.75 bits per heavy atom. The number of hydrogen-bond donors (Lipinski definition) is 1. The van der Waals surface area contributed by atoms with E-state index >= 15 is 0 Å². The van der Waals surface area contributed by atoms with Crippen LogP contribution in [0.5, 0.6) is 0 Å². The molecule has 1 aromatic rings. The Bertz CT molecular complexity index is 375. The predicted molar refractivity (Wildman–Crippen MR) is 56.8 cm³/mol. The molecule has 0 unspecified atom stereocenters. The van der Waals surface area contributed by atoms with Crippen LogP contribution in [-0.2, 0) is 20.9 Å². The quantitative estimate of drug-likeness (QED) is 0.799. The maximum absolute atomic E-state index is 11.3. The van der Waals surface area contributed by atoms with Gasteiger partial charge in [0.05, 0.1) is 20.1 Å². The second kappa shape index (κ2) is 6.17. The summed E-state index contributed by atoms with van der Waals surface area (Å²) in [7, 11) is 1.28. The zero-order valence-electron chi connectivity index (χ0n) is 8.79. The molecule has 0 atom stereocenters. The van der Waals surface area contributed by atoms with Crippen molar-refractivity contribution >= 4 is 23.5 Å². The number of carbonyl (C=O) groups is 2. The van der Waals surface area contributed by atoms with Crippen molar-refractivity contribution in [3.63, 3.8) is 0 Å². The van der Waals surface area contributed by atoms with Gasteiger partial charge in [0.1, 0.15) is 5.76 Å². The molecular formula is C10H12ClNO4. The van der Waals surface area contributed by atoms with E-state index in [2.05, 4.69) is 10.1 Å². The number of furan rings is 1. The van der Waals surface area contributed by atoms with Gasteiger partial charge < -0.3 is 14.5 Å². The molecule has 0 saturated heterocycles. The highest BCUT2D eigenvalue weighted by molar-refractivity contribution is 6.28. The Labute approximate surface area is 97.7 Å². The summed E-state index contributed by atoms with van der Waals surface area (Å²) in [6.07, 6.45) is 0.169. The van der Waals surface area contributed by atoms with Crippen LogP contribution < -0.4 is 5.32 Å². The summed E-state index contributed by atoms with van der Waals surface area (Å²) in [4.78, 5) is 22.0. The third kappa shape index (κ3) is 4.35. The second-order valence-corrected chi connectivity index (χ2v) is 3.43. The first kappa shape index (κ1) is 12.6. The minimum atomic E-state index is -0.406. The zero-order chi connectivity index (χ0) is 12.0. The van der Waals surface area contributed by atoms with Crippen molar-refractivity contribution in [2.24, 2.45) is 0 Å². The van der Waals surface area contributed by atoms with Gasteiger partial charge in [0.15, 0.2) is 5.22 Å². The van der Waals surface area contributed by atoms with Gasteiger partial charge in [0.25, 0.3) is 0 Å². The molecule has 1 N–H and O–H groups in total. The Morgan fingerprint density at radius 1 is 1.44 bits per heavy atom. The minimum Gasteiger partial charge on any atom is -0.469 e. The number of nitrogens with one attached hydrogen (secondary N) is 1. The van der Waals surface area contributed by atoms with Crippen LogP contribution in [0.25, 0.3) is 0 Å². The molecule has 0 radical (unpaired) electrons. The van der Waals surface area contributed by atoms with Crippen molar-refractivity contribution in [1.82, 2.24) is 5.32 Å². The maximum atomic E-state index is 11.3. The number of halogens is 1. The minimum absolute atomic E-state index is 0.0707. The second-order valence-electron chi connectivity index (χ2n) is 3.06. The first-order valence-corrected chi connectivity index (χ1v) is 5.07. The number of esters is 1. The van der Waals surface area contributed by atoms with Crippen LogP contribution in [-0.4, -0.2) is 19.0 Å². The van der Waals surface area contributed by atoms with Gasteiger partial charge in [-0.2, -0.15) is 0 Å². The number of ether oxygens (including phenoxy) is 1. The van der Waals surface area contributed by atoms with Crippen molar-refractivity contribution in [1.29, 1.82) is 0 Å². The average molecular weight is 246 g/mol. The highest BCUT2D eigenvalue weighted by Crippen LogP contribution is 2.12. The molecule has 0 fully saturated rings. The Morgan fingerprint density at radius 2 is 2.19 bits per heavy atom. The lowest BCUT2D eigenvalue weighted by molar-refractivity contribution is -0.142. The van der Waals surface area contributed by atoms with Gasteiger partial charge in [0.2, 0.25) is 5.91 Å². The molecule has 1 amide bonds. The van der Waals surface area contributed by atoms with E-state index in [4.69, 9.17) is 16.0 Å². The molecule has 1 rings (SSSR count). The Hall–Kier alpha value is -1.49. The van der Waals surface area contributed by atoms with Crippen LogP contribution in [0.2, 0.25) is 5.22 Å². The lowest BCUT2D eigenvalue weighted by Gasteiger charge is -2.02. The molecule has 6 heteroatoms. The number of rotatable bonds is 5. The van der Waals surface area contributed by atoms with Gasteiger partial charge in [0, 0.05) is 6.42 Å². The molecule has 0 aliphatic carbocycles. The van der Waals surface area contributed by atoms with E-state index in [0.29, 0.717) is 5.76 Å². The topological polar surface area (TPSA) is 68.5 Å². The Balaban J connectivity index is 2.22. The summed E-state index contributed by atoms with van der Waals surface area (Å²) in [6.45, 7) is 0.257. The van der Waals surface area contributed by atoms with Crippen LogP contribution in [0.15, 0.2) is 16.5 Å². The zero-order valence-corrected chi connectivity index (χ0v) is 9.54. The van der Waals surface area contributed by atoms with Crippen molar-refractivity contribution in [2.75, 3.05) is 7.11 Å². The summed E-state index contributed by atoms with van der Waals surface area (Å²) in [5.74, 6) is -0.0782. The number of methoxy groups -OCH3 is 1. The highest BCUT2D eigenvalue weighted by Gasteiger charge is 2.07. The average Bonchev–Trinajstić information content (AvgIpc) is 2.69. The van der Waals surface area contributed by atoms with E-state index in [1.165, 1.54) is 7.11 Å². The molecular weight excluding hydrogens is 234 g/mol. The molecule has 16 heavy (non-hydrogen) atoms. The standard InChI is InChI=1S/C10H12ClNO4/c1-15-10(14)5-4-9(13)12-6-7-2-3-8(11)16-7/h2-3H,4-6H2,1H3,(H,12,13). The van der Waals surface area contributed by atoms with Gasteiger partial charge in [-0.3, -0.25) is 9.59 Å². The molecule has 5 nitrogen and oxygen atoms in total. The fraction of sp³-hybridized carbons (Fsp3) is 0.400. The van der Waals surface area contributed by atoms with Crippen molar-refractivity contribution in [3.05, 3.63) is 23.1 Å². The largest absolute Gasteiger partial charge is 0.469 e. The summed E-state index contributed by atoms with van der Waals surface area (Å²) in [5.41, 5.74) is 0. The first-order valence-electron chi connectivity index (χ1n) is 4.69. The van der Waals surface area contributed by atoms with Gasteiger partial charge in [-0.15, -0.1) is 0 Å². The molecule has 0 aliphatic rings. The SMILES string of the molecule is COC(=O)CCC(=O)NCc1ccc(Cl)o1. The lowest BCUT2D eigenvalue weighted by atomic mass is 10.3. The smallest absolute Gasteiger partial charge is 0.306 e. The molecule has 1 heterocycles. The number of hydrogen-bond acceptors (Lipinski definition) is 4. The third-order valence-electron chi connectivity index (χ3n) is 1.87. The number of carbonyl (C=O) groups excluding carboxylic acids is 2. The monoisotopic (exact) mass is 245 g/mol. The highest BCUT2D eigenvalue weighted by atomic mass is 35.5. The first-order chi connectivity index (χ1) is 7.61. The molecule has 0 aliphatic heterocycles. The predicted octanol–water partition coefficient (Wildman–Crippen LogP) is 1.50. The van der Waals surface area contributed by atoms with Crippen LogP contribution in [0.1, 0.15) is 18.6 Å². The van der Waals surface area contributed by atoms with Crippen molar-refractivity contribution in [2.45, 2.75) is 19.4 Å². The fourth-order valence-electron chi connectivity index (χ4n) is 1.04. The van der Waals surface area contributed by atoms with E-state index in [0.717, 1.165) is 0 Å².